The minimum atomic E-state index is -0.0451. The Bertz CT molecular complexity index is 789. The number of rotatable bonds is 6. The van der Waals surface area contributed by atoms with Crippen LogP contribution in [0.2, 0.25) is 0 Å². The van der Waals surface area contributed by atoms with Gasteiger partial charge in [-0.15, -0.1) is 5.10 Å². The van der Waals surface area contributed by atoms with Crippen molar-refractivity contribution < 1.29 is 9.59 Å². The molecule has 0 spiro atoms. The van der Waals surface area contributed by atoms with E-state index in [1.165, 1.54) is 37.9 Å². The third-order valence-electron chi connectivity index (χ3n) is 4.78. The van der Waals surface area contributed by atoms with E-state index in [4.69, 9.17) is 0 Å². The molecule has 1 aliphatic carbocycles. The molecule has 1 N–H and O–H groups in total. The van der Waals surface area contributed by atoms with Crippen LogP contribution in [0.15, 0.2) is 5.16 Å². The topological polar surface area (TPSA) is 93.5 Å². The van der Waals surface area contributed by atoms with Crippen LogP contribution in [0.1, 0.15) is 77.2 Å². The summed E-state index contributed by atoms with van der Waals surface area (Å²) in [5, 5.41) is 12.7. The zero-order valence-electron chi connectivity index (χ0n) is 14.8. The van der Waals surface area contributed by atoms with Crippen molar-refractivity contribution in [2.24, 2.45) is 0 Å². The maximum atomic E-state index is 12.6. The predicted molar refractivity (Wildman–Crippen MR) is 95.3 cm³/mol. The number of aromatic nitrogens is 5. The predicted octanol–water partition coefficient (Wildman–Crippen LogP) is 3.30. The van der Waals surface area contributed by atoms with Crippen molar-refractivity contribution in [2.45, 2.75) is 64.1 Å². The third kappa shape index (κ3) is 3.68. The summed E-state index contributed by atoms with van der Waals surface area (Å²) >= 11 is 1.35. The number of nitrogens with one attached hydrogen (secondary N) is 1. The Morgan fingerprint density at radius 1 is 1.24 bits per heavy atom. The number of Topliss-reactive ketones (excluding diaryl/α,β-unsaturated/α-hetero) is 2. The minimum Gasteiger partial charge on any atom is -0.355 e. The van der Waals surface area contributed by atoms with Crippen molar-refractivity contribution in [3.63, 3.8) is 0 Å². The molecule has 7 nitrogen and oxygen atoms in total. The van der Waals surface area contributed by atoms with E-state index in [1.807, 2.05) is 18.5 Å². The highest BCUT2D eigenvalue weighted by Gasteiger charge is 2.23. The maximum absolute atomic E-state index is 12.6. The van der Waals surface area contributed by atoms with E-state index in [9.17, 15) is 9.59 Å². The first-order valence-electron chi connectivity index (χ1n) is 8.63. The average Bonchev–Trinajstić information content (AvgIpc) is 3.17. The van der Waals surface area contributed by atoms with Crippen LogP contribution in [-0.2, 0) is 0 Å². The summed E-state index contributed by atoms with van der Waals surface area (Å²) in [4.78, 5) is 27.4. The van der Waals surface area contributed by atoms with Crippen LogP contribution >= 0.6 is 11.8 Å². The fourth-order valence-electron chi connectivity index (χ4n) is 3.59. The fourth-order valence-corrected chi connectivity index (χ4v) is 4.41. The van der Waals surface area contributed by atoms with Crippen LogP contribution in [0, 0.1) is 13.8 Å². The largest absolute Gasteiger partial charge is 0.355 e. The van der Waals surface area contributed by atoms with Crippen molar-refractivity contribution in [3.05, 3.63) is 22.5 Å². The maximum Gasteiger partial charge on any atom is 0.210 e. The Morgan fingerprint density at radius 2 is 1.96 bits per heavy atom. The molecule has 1 saturated carbocycles. The van der Waals surface area contributed by atoms with Gasteiger partial charge in [-0.25, -0.2) is 4.68 Å². The van der Waals surface area contributed by atoms with Gasteiger partial charge in [-0.05, 0) is 49.6 Å². The third-order valence-corrected chi connectivity index (χ3v) is 5.72. The summed E-state index contributed by atoms with van der Waals surface area (Å²) in [7, 11) is 0. The van der Waals surface area contributed by atoms with Crippen LogP contribution in [-0.4, -0.2) is 42.5 Å². The average molecular weight is 361 g/mol. The van der Waals surface area contributed by atoms with Gasteiger partial charge >= 0.3 is 0 Å². The van der Waals surface area contributed by atoms with E-state index in [0.29, 0.717) is 22.5 Å². The number of H-pyrrole nitrogens is 1. The van der Waals surface area contributed by atoms with Crippen molar-refractivity contribution in [2.75, 3.05) is 5.75 Å². The number of ketones is 2. The van der Waals surface area contributed by atoms with Crippen molar-refractivity contribution in [1.29, 1.82) is 0 Å². The summed E-state index contributed by atoms with van der Waals surface area (Å²) in [5.74, 6) is 0.168. The summed E-state index contributed by atoms with van der Waals surface area (Å²) < 4.78 is 1.87. The van der Waals surface area contributed by atoms with Crippen LogP contribution in [0.25, 0.3) is 0 Å². The molecule has 134 valence electrons. The van der Waals surface area contributed by atoms with Gasteiger partial charge in [0.25, 0.3) is 0 Å². The van der Waals surface area contributed by atoms with E-state index >= 15 is 0 Å². The van der Waals surface area contributed by atoms with Gasteiger partial charge in [0.05, 0.1) is 17.5 Å². The standard InChI is InChI=1S/C17H23N5O2S/c1-10-15(12(3)23)11(2)18-16(10)14(24)9-25-17-19-20-21-22(17)13-7-5-4-6-8-13/h13,18H,4-9H2,1-3H3. The molecule has 0 saturated heterocycles. The lowest BCUT2D eigenvalue weighted by Gasteiger charge is -2.21. The fraction of sp³-hybridized carbons (Fsp3) is 0.588. The second kappa shape index (κ2) is 7.51. The first-order chi connectivity index (χ1) is 12.0. The summed E-state index contributed by atoms with van der Waals surface area (Å²) in [5.41, 5.74) is 2.58. The minimum absolute atomic E-state index is 0.0285. The second-order valence-electron chi connectivity index (χ2n) is 6.59. The van der Waals surface area contributed by atoms with E-state index < -0.39 is 0 Å². The number of aryl methyl sites for hydroxylation is 1. The van der Waals surface area contributed by atoms with E-state index in [0.717, 1.165) is 24.1 Å². The zero-order chi connectivity index (χ0) is 18.0. The van der Waals surface area contributed by atoms with Gasteiger partial charge in [0.15, 0.2) is 11.6 Å². The highest BCUT2D eigenvalue weighted by atomic mass is 32.2. The van der Waals surface area contributed by atoms with E-state index in [-0.39, 0.29) is 17.3 Å². The Hall–Kier alpha value is -1.96. The second-order valence-corrected chi connectivity index (χ2v) is 7.53. The molecule has 25 heavy (non-hydrogen) atoms. The number of tetrazole rings is 1. The quantitative estimate of drug-likeness (QED) is 0.627. The molecule has 1 aliphatic rings. The highest BCUT2D eigenvalue weighted by Crippen LogP contribution is 2.30. The monoisotopic (exact) mass is 361 g/mol. The number of hydrogen-bond acceptors (Lipinski definition) is 6. The lowest BCUT2D eigenvalue weighted by Crippen LogP contribution is -2.16. The molecule has 0 bridgehead atoms. The molecule has 0 unspecified atom stereocenters. The first-order valence-corrected chi connectivity index (χ1v) is 9.61. The summed E-state index contributed by atoms with van der Waals surface area (Å²) in [6.45, 7) is 5.14. The zero-order valence-corrected chi connectivity index (χ0v) is 15.7. The lowest BCUT2D eigenvalue weighted by molar-refractivity contribution is 0.101. The van der Waals surface area contributed by atoms with Crippen molar-refractivity contribution in [1.82, 2.24) is 25.2 Å². The SMILES string of the molecule is CC(=O)c1c(C)[nH]c(C(=O)CSc2nnnn2C2CCCCC2)c1C. The van der Waals surface area contributed by atoms with Crippen LogP contribution in [0.3, 0.4) is 0 Å². The number of thioether (sulfide) groups is 1. The number of carbonyl (C=O) groups excluding carboxylic acids is 2. The molecular formula is C17H23N5O2S. The molecule has 1 fully saturated rings. The van der Waals surface area contributed by atoms with Crippen molar-refractivity contribution >= 4 is 23.3 Å². The van der Waals surface area contributed by atoms with Crippen LogP contribution in [0.5, 0.6) is 0 Å². The lowest BCUT2D eigenvalue weighted by atomic mass is 9.96. The number of aromatic amines is 1. The molecule has 3 rings (SSSR count). The molecule has 0 aliphatic heterocycles. The highest BCUT2D eigenvalue weighted by molar-refractivity contribution is 7.99. The van der Waals surface area contributed by atoms with Gasteiger partial charge in [-0.3, -0.25) is 9.59 Å². The van der Waals surface area contributed by atoms with Crippen LogP contribution in [0.4, 0.5) is 0 Å². The van der Waals surface area contributed by atoms with Gasteiger partial charge in [0, 0.05) is 11.3 Å². The molecule has 2 aromatic rings. The normalized spacial score (nSPS) is 15.5. The van der Waals surface area contributed by atoms with Gasteiger partial charge in [0.1, 0.15) is 0 Å². The number of hydrogen-bond donors (Lipinski definition) is 1. The molecular weight excluding hydrogens is 338 g/mol. The molecule has 8 heteroatoms. The Kier molecular flexibility index (Phi) is 5.36. The molecule has 2 heterocycles. The summed E-state index contributed by atoms with van der Waals surface area (Å²) in [6.07, 6.45) is 5.83. The first kappa shape index (κ1) is 17.8. The Balaban J connectivity index is 1.70. The van der Waals surface area contributed by atoms with Gasteiger partial charge in [-0.2, -0.15) is 0 Å². The molecule has 0 aromatic carbocycles. The molecule has 2 aromatic heterocycles. The van der Waals surface area contributed by atoms with E-state index in [2.05, 4.69) is 20.5 Å². The van der Waals surface area contributed by atoms with E-state index in [1.54, 1.807) is 0 Å². The van der Waals surface area contributed by atoms with Crippen molar-refractivity contribution in [3.8, 4) is 0 Å². The summed E-state index contributed by atoms with van der Waals surface area (Å²) in [6, 6.07) is 0.333. The molecule has 0 amide bonds. The van der Waals surface area contributed by atoms with Gasteiger partial charge in [-0.1, -0.05) is 31.0 Å². The molecule has 0 atom stereocenters. The van der Waals surface area contributed by atoms with Crippen LogP contribution < -0.4 is 0 Å². The molecule has 0 radical (unpaired) electrons. The Labute approximate surface area is 151 Å². The van der Waals surface area contributed by atoms with Gasteiger partial charge < -0.3 is 4.98 Å². The Morgan fingerprint density at radius 3 is 2.60 bits per heavy atom. The number of nitrogens with zero attached hydrogens (tertiary/aromatic N) is 4. The van der Waals surface area contributed by atoms with Gasteiger partial charge in [0.2, 0.25) is 5.16 Å². The number of carbonyl (C=O) groups is 2. The smallest absolute Gasteiger partial charge is 0.210 e.